The van der Waals surface area contributed by atoms with E-state index in [1.807, 2.05) is 13.8 Å². The van der Waals surface area contributed by atoms with Crippen molar-refractivity contribution >= 4 is 17.5 Å². The fourth-order valence-electron chi connectivity index (χ4n) is 1.71. The maximum absolute atomic E-state index is 11.8. The van der Waals surface area contributed by atoms with Crippen LogP contribution in [0.15, 0.2) is 0 Å². The largest absolute Gasteiger partial charge is 0.352 e. The Bertz CT molecular complexity index is 283. The van der Waals surface area contributed by atoms with Gasteiger partial charge in [0.15, 0.2) is 0 Å². The molecule has 1 aliphatic carbocycles. The average molecular weight is 229 g/mol. The van der Waals surface area contributed by atoms with Crippen LogP contribution in [0, 0.1) is 22.7 Å². The summed E-state index contributed by atoms with van der Waals surface area (Å²) in [4.78, 5) is 11.8. The van der Waals surface area contributed by atoms with Crippen LogP contribution in [0.25, 0.3) is 0 Å². The van der Waals surface area contributed by atoms with Crippen molar-refractivity contribution in [2.75, 3.05) is 5.88 Å². The summed E-state index contributed by atoms with van der Waals surface area (Å²) in [6, 6.07) is 2.26. The fourth-order valence-corrected chi connectivity index (χ4v) is 1.83. The summed E-state index contributed by atoms with van der Waals surface area (Å²) in [6.07, 6.45) is 2.82. The number of nitrogens with zero attached hydrogens (tertiary/aromatic N) is 1. The molecule has 0 saturated heterocycles. The predicted molar refractivity (Wildman–Crippen MR) is 59.4 cm³/mol. The Labute approximate surface area is 95.8 Å². The molecule has 4 heteroatoms. The topological polar surface area (TPSA) is 52.9 Å². The molecule has 1 aliphatic rings. The van der Waals surface area contributed by atoms with E-state index in [9.17, 15) is 4.79 Å². The highest BCUT2D eigenvalue weighted by Crippen LogP contribution is 2.26. The molecular formula is C11H17ClN2O. The highest BCUT2D eigenvalue weighted by molar-refractivity contribution is 6.19. The molecule has 1 saturated carbocycles. The van der Waals surface area contributed by atoms with Crippen molar-refractivity contribution in [3.8, 4) is 6.07 Å². The maximum Gasteiger partial charge on any atom is 0.227 e. The Morgan fingerprint density at radius 3 is 2.80 bits per heavy atom. The second-order valence-corrected chi connectivity index (χ2v) is 5.03. The molecule has 0 spiro atoms. The van der Waals surface area contributed by atoms with Gasteiger partial charge in [-0.05, 0) is 33.1 Å². The summed E-state index contributed by atoms with van der Waals surface area (Å²) in [7, 11) is 0. The van der Waals surface area contributed by atoms with Gasteiger partial charge in [0.05, 0.1) is 17.4 Å². The zero-order chi connectivity index (χ0) is 11.5. The van der Waals surface area contributed by atoms with Crippen molar-refractivity contribution in [3.05, 3.63) is 0 Å². The number of rotatable bonds is 3. The Balaban J connectivity index is 2.55. The van der Waals surface area contributed by atoms with Gasteiger partial charge in [-0.25, -0.2) is 0 Å². The normalized spacial score (nSPS) is 26.0. The van der Waals surface area contributed by atoms with Gasteiger partial charge in [0.25, 0.3) is 0 Å². The van der Waals surface area contributed by atoms with Crippen LogP contribution >= 0.6 is 11.6 Å². The molecule has 0 aliphatic heterocycles. The van der Waals surface area contributed by atoms with Crippen molar-refractivity contribution in [3.63, 3.8) is 0 Å². The van der Waals surface area contributed by atoms with Crippen LogP contribution in [0.5, 0.6) is 0 Å². The first kappa shape index (κ1) is 12.3. The summed E-state index contributed by atoms with van der Waals surface area (Å²) in [6.45, 7) is 3.62. The van der Waals surface area contributed by atoms with E-state index < -0.39 is 5.41 Å². The van der Waals surface area contributed by atoms with Gasteiger partial charge in [-0.1, -0.05) is 0 Å². The smallest absolute Gasteiger partial charge is 0.227 e. The molecule has 2 atom stereocenters. The Hall–Kier alpha value is -0.750. The van der Waals surface area contributed by atoms with E-state index >= 15 is 0 Å². The molecule has 1 rings (SSSR count). The molecule has 3 nitrogen and oxygen atoms in total. The Kier molecular flexibility index (Phi) is 3.98. The number of halogens is 1. The van der Waals surface area contributed by atoms with Crippen molar-refractivity contribution in [2.24, 2.45) is 11.3 Å². The van der Waals surface area contributed by atoms with Gasteiger partial charge in [-0.2, -0.15) is 5.26 Å². The zero-order valence-corrected chi connectivity index (χ0v) is 9.97. The molecule has 15 heavy (non-hydrogen) atoms. The minimum absolute atomic E-state index is 0.0185. The molecule has 1 fully saturated rings. The van der Waals surface area contributed by atoms with E-state index in [0.29, 0.717) is 5.88 Å². The zero-order valence-electron chi connectivity index (χ0n) is 9.22. The molecule has 84 valence electrons. The number of nitrogens with one attached hydrogen (secondary N) is 1. The van der Waals surface area contributed by atoms with E-state index in [-0.39, 0.29) is 17.9 Å². The number of hydrogen-bond acceptors (Lipinski definition) is 2. The van der Waals surface area contributed by atoms with Crippen LogP contribution in [0.1, 0.15) is 33.1 Å². The summed E-state index contributed by atoms with van der Waals surface area (Å²) in [5.74, 6) is 0.215. The highest BCUT2D eigenvalue weighted by atomic mass is 35.5. The van der Waals surface area contributed by atoms with Gasteiger partial charge in [-0.3, -0.25) is 4.79 Å². The summed E-state index contributed by atoms with van der Waals surface area (Å²) in [5.41, 5.74) is -0.551. The lowest BCUT2D eigenvalue weighted by atomic mass is 9.94. The van der Waals surface area contributed by atoms with Gasteiger partial charge >= 0.3 is 0 Å². The first-order chi connectivity index (χ1) is 7.01. The lowest BCUT2D eigenvalue weighted by Crippen LogP contribution is -2.45. The molecule has 1 amide bonds. The molecule has 0 aromatic heterocycles. The minimum atomic E-state index is -0.551. The van der Waals surface area contributed by atoms with Crippen LogP contribution in [0.3, 0.4) is 0 Å². The number of alkyl halides is 1. The SMILES string of the molecule is CC(C)(CCl)C(=O)NC1CCCC1C#N. The number of nitriles is 1. The number of carbonyl (C=O) groups excluding carboxylic acids is 1. The lowest BCUT2D eigenvalue weighted by molar-refractivity contribution is -0.129. The maximum atomic E-state index is 11.8. The number of amides is 1. The molecule has 0 radical (unpaired) electrons. The van der Waals surface area contributed by atoms with Gasteiger partial charge < -0.3 is 5.32 Å². The second kappa shape index (κ2) is 4.85. The van der Waals surface area contributed by atoms with Crippen molar-refractivity contribution in [1.29, 1.82) is 5.26 Å². The van der Waals surface area contributed by atoms with E-state index in [4.69, 9.17) is 16.9 Å². The molecule has 2 unspecified atom stereocenters. The third kappa shape index (κ3) is 2.85. The van der Waals surface area contributed by atoms with Crippen LogP contribution in [0.4, 0.5) is 0 Å². The quantitative estimate of drug-likeness (QED) is 0.752. The third-order valence-electron chi connectivity index (χ3n) is 2.95. The first-order valence-electron chi connectivity index (χ1n) is 5.28. The summed E-state index contributed by atoms with van der Waals surface area (Å²) < 4.78 is 0. The standard InChI is InChI=1S/C11H17ClN2O/c1-11(2,7-12)10(15)14-9-5-3-4-8(9)6-13/h8-9H,3-5,7H2,1-2H3,(H,14,15). The van der Waals surface area contributed by atoms with Gasteiger partial charge in [0.2, 0.25) is 5.91 Å². The molecule has 0 aromatic rings. The van der Waals surface area contributed by atoms with E-state index in [1.54, 1.807) is 0 Å². The molecule has 0 bridgehead atoms. The predicted octanol–water partition coefficient (Wildman–Crippen LogP) is 2.06. The van der Waals surface area contributed by atoms with Crippen LogP contribution in [0.2, 0.25) is 0 Å². The lowest BCUT2D eigenvalue weighted by Gasteiger charge is -2.24. The first-order valence-corrected chi connectivity index (χ1v) is 5.81. The fraction of sp³-hybridized carbons (Fsp3) is 0.818. The van der Waals surface area contributed by atoms with E-state index in [1.165, 1.54) is 0 Å². The highest BCUT2D eigenvalue weighted by Gasteiger charge is 2.33. The number of carbonyl (C=O) groups is 1. The van der Waals surface area contributed by atoms with E-state index in [2.05, 4.69) is 11.4 Å². The molecular weight excluding hydrogens is 212 g/mol. The van der Waals surface area contributed by atoms with E-state index in [0.717, 1.165) is 19.3 Å². The van der Waals surface area contributed by atoms with Gasteiger partial charge in [-0.15, -0.1) is 11.6 Å². The second-order valence-electron chi connectivity index (χ2n) is 4.76. The van der Waals surface area contributed by atoms with Crippen LogP contribution in [-0.2, 0) is 4.79 Å². The number of hydrogen-bond donors (Lipinski definition) is 1. The molecule has 0 aromatic carbocycles. The Morgan fingerprint density at radius 1 is 1.60 bits per heavy atom. The third-order valence-corrected chi connectivity index (χ3v) is 3.62. The van der Waals surface area contributed by atoms with Crippen molar-refractivity contribution in [1.82, 2.24) is 5.32 Å². The van der Waals surface area contributed by atoms with Gasteiger partial charge in [0, 0.05) is 11.9 Å². The van der Waals surface area contributed by atoms with Gasteiger partial charge in [0.1, 0.15) is 0 Å². The van der Waals surface area contributed by atoms with Crippen LogP contribution < -0.4 is 5.32 Å². The molecule has 1 N–H and O–H groups in total. The summed E-state index contributed by atoms with van der Waals surface area (Å²) in [5, 5.41) is 11.8. The monoisotopic (exact) mass is 228 g/mol. The molecule has 0 heterocycles. The van der Waals surface area contributed by atoms with Crippen LogP contribution in [-0.4, -0.2) is 17.8 Å². The average Bonchev–Trinajstić information content (AvgIpc) is 2.65. The van der Waals surface area contributed by atoms with Crippen molar-refractivity contribution in [2.45, 2.75) is 39.2 Å². The minimum Gasteiger partial charge on any atom is -0.352 e. The Morgan fingerprint density at radius 2 is 2.27 bits per heavy atom. The van der Waals surface area contributed by atoms with Crippen molar-refractivity contribution < 1.29 is 4.79 Å². The summed E-state index contributed by atoms with van der Waals surface area (Å²) >= 11 is 5.72.